The topological polar surface area (TPSA) is 216 Å². The Balaban J connectivity index is 0.000000702. The quantitative estimate of drug-likeness (QED) is 0.121. The number of carbonyl (C=O) groups is 2. The molecule has 8 N–H and O–H groups in total. The van der Waals surface area contributed by atoms with Gasteiger partial charge in [0.25, 0.3) is 0 Å². The molecule has 2 saturated heterocycles. The molecule has 2 fully saturated rings. The predicted molar refractivity (Wildman–Crippen MR) is 212 cm³/mol. The zero-order chi connectivity index (χ0) is 37.9. The second-order valence-electron chi connectivity index (χ2n) is 12.3. The molecule has 0 amide bonds. The minimum Gasteiger partial charge on any atom is -1.00 e. The molecule has 0 bridgehead atoms. The van der Waals surface area contributed by atoms with Crippen molar-refractivity contribution in [3.8, 4) is 18.2 Å². The van der Waals surface area contributed by atoms with E-state index in [1.807, 2.05) is 30.3 Å². The first-order chi connectivity index (χ1) is 25.1. The van der Waals surface area contributed by atoms with E-state index in [4.69, 9.17) is 38.7 Å². The number of benzene rings is 4. The average molecular weight is 740 g/mol. The summed E-state index contributed by atoms with van der Waals surface area (Å²) in [7, 11) is 0. The Morgan fingerprint density at radius 2 is 1.04 bits per heavy atom. The molecule has 276 valence electrons. The SMILES string of the molecule is N#Cc1cc(C=O)ccc1F.N#Cc1cc(C=O)ccc1N.N#Cc1cc(CN2CCCC2)ccc1N.NCc1cc(CN2CCCC2)ccc1N.[AlH3].[H-].[Li+]. The van der Waals surface area contributed by atoms with Crippen LogP contribution in [0.1, 0.15) is 81.2 Å². The first-order valence-electron chi connectivity index (χ1n) is 16.8. The first-order valence-corrected chi connectivity index (χ1v) is 16.8. The normalized spacial score (nSPS) is 12.9. The van der Waals surface area contributed by atoms with Crippen molar-refractivity contribution in [2.45, 2.75) is 45.3 Å². The Hall–Kier alpha value is -4.97. The van der Waals surface area contributed by atoms with E-state index >= 15 is 0 Å². The number of rotatable bonds is 7. The molecule has 2 aliphatic rings. The Bertz CT molecular complexity index is 1890. The number of likely N-dealkylation sites (tertiary alicyclic amines) is 2. The largest absolute Gasteiger partial charge is 1.00 e. The molecule has 0 spiro atoms. The summed E-state index contributed by atoms with van der Waals surface area (Å²) in [6, 6.07) is 25.8. The van der Waals surface area contributed by atoms with E-state index in [-0.39, 0.29) is 43.2 Å². The van der Waals surface area contributed by atoms with Crippen LogP contribution in [0.4, 0.5) is 21.5 Å². The van der Waals surface area contributed by atoms with Crippen molar-refractivity contribution in [3.63, 3.8) is 0 Å². The van der Waals surface area contributed by atoms with Crippen LogP contribution in [-0.4, -0.2) is 65.9 Å². The first kappa shape index (κ1) is 47.1. The Morgan fingerprint density at radius 1 is 0.630 bits per heavy atom. The standard InChI is InChI=1S/C12H19N3.C12H15N3.C8H4FNO.C8H6N2O.Al.Li.4H/c2*13-8-11-7-10(3-4-12(11)14)9-15-5-1-2-6-15;9-8-2-1-6(5-11)3-7(8)4-10;9-4-7-3-6(5-11)1-2-8(7)10;;;;;;/h3-4,7H,1-2,5-6,8-9,13-14H2;3-4,7H,1-2,5-6,9,14H2;1-3,5H;1-3,5H,10H2;;;;;;/q;;;;;+1;;;;-1. The Kier molecular flexibility index (Phi) is 21.9. The van der Waals surface area contributed by atoms with Crippen LogP contribution in [0.5, 0.6) is 0 Å². The van der Waals surface area contributed by atoms with E-state index in [2.05, 4.69) is 28.0 Å². The number of aldehydes is 2. The van der Waals surface area contributed by atoms with Crippen molar-refractivity contribution in [1.29, 1.82) is 15.8 Å². The summed E-state index contributed by atoms with van der Waals surface area (Å²) in [6.45, 7) is 7.30. The molecule has 4 aromatic rings. The van der Waals surface area contributed by atoms with Gasteiger partial charge in [0.1, 0.15) is 36.6 Å². The molecular weight excluding hydrogens is 691 g/mol. The van der Waals surface area contributed by atoms with Crippen molar-refractivity contribution in [1.82, 2.24) is 9.80 Å². The van der Waals surface area contributed by atoms with Gasteiger partial charge in [-0.05, 0) is 123 Å². The van der Waals surface area contributed by atoms with Gasteiger partial charge >= 0.3 is 18.9 Å². The van der Waals surface area contributed by atoms with Crippen LogP contribution in [0.2, 0.25) is 0 Å². The number of nitrogens with zero attached hydrogens (tertiary/aromatic N) is 5. The van der Waals surface area contributed by atoms with Gasteiger partial charge in [-0.25, -0.2) is 4.39 Å². The number of nitrogen functional groups attached to an aromatic ring is 3. The molecule has 11 nitrogen and oxygen atoms in total. The van der Waals surface area contributed by atoms with Crippen molar-refractivity contribution >= 4 is 47.0 Å². The van der Waals surface area contributed by atoms with Crippen molar-refractivity contribution in [2.24, 2.45) is 5.73 Å². The maximum atomic E-state index is 12.6. The number of halogens is 1. The number of carbonyl (C=O) groups excluding carboxylic acids is 2. The van der Waals surface area contributed by atoms with Gasteiger partial charge in [-0.3, -0.25) is 19.4 Å². The van der Waals surface area contributed by atoms with Gasteiger partial charge in [-0.15, -0.1) is 0 Å². The van der Waals surface area contributed by atoms with Crippen LogP contribution < -0.4 is 41.8 Å². The average Bonchev–Trinajstić information content (AvgIpc) is 3.89. The molecule has 0 atom stereocenters. The van der Waals surface area contributed by atoms with Crippen molar-refractivity contribution < 1.29 is 34.3 Å². The molecule has 6 rings (SSSR count). The second-order valence-corrected chi connectivity index (χ2v) is 12.3. The fourth-order valence-corrected chi connectivity index (χ4v) is 5.58. The minimum absolute atomic E-state index is 0. The van der Waals surface area contributed by atoms with E-state index in [9.17, 15) is 14.0 Å². The van der Waals surface area contributed by atoms with Gasteiger partial charge in [0.2, 0.25) is 0 Å². The summed E-state index contributed by atoms with van der Waals surface area (Å²) >= 11 is 0. The molecule has 2 aliphatic heterocycles. The Morgan fingerprint density at radius 3 is 1.50 bits per heavy atom. The van der Waals surface area contributed by atoms with Crippen LogP contribution >= 0.6 is 0 Å². The zero-order valence-corrected chi connectivity index (χ0v) is 30.1. The number of nitriles is 3. The third-order valence-corrected chi connectivity index (χ3v) is 8.46. The summed E-state index contributed by atoms with van der Waals surface area (Å²) in [4.78, 5) is 25.3. The van der Waals surface area contributed by atoms with Gasteiger partial charge in [-0.1, -0.05) is 18.2 Å². The fraction of sp³-hybridized carbons (Fsp3) is 0.275. The van der Waals surface area contributed by atoms with Crippen LogP contribution in [0.25, 0.3) is 0 Å². The molecule has 0 saturated carbocycles. The molecule has 4 aromatic carbocycles. The molecule has 0 aromatic heterocycles. The van der Waals surface area contributed by atoms with Crippen LogP contribution in [0.15, 0.2) is 72.8 Å². The third kappa shape index (κ3) is 15.2. The molecule has 0 aliphatic carbocycles. The molecule has 2 heterocycles. The summed E-state index contributed by atoms with van der Waals surface area (Å²) in [5.41, 5.74) is 29.5. The molecular formula is C40H48AlFLiN9O2. The second kappa shape index (κ2) is 25.1. The minimum atomic E-state index is -0.599. The summed E-state index contributed by atoms with van der Waals surface area (Å²) < 4.78 is 12.6. The van der Waals surface area contributed by atoms with Crippen molar-refractivity contribution in [3.05, 3.63) is 123 Å². The Labute approximate surface area is 341 Å². The molecule has 14 heteroatoms. The van der Waals surface area contributed by atoms with Crippen LogP contribution in [0, 0.1) is 39.8 Å². The third-order valence-electron chi connectivity index (χ3n) is 8.46. The van der Waals surface area contributed by atoms with Crippen LogP contribution in [0.3, 0.4) is 0 Å². The van der Waals surface area contributed by atoms with Gasteiger partial charge in [0.05, 0.1) is 16.7 Å². The van der Waals surface area contributed by atoms with Gasteiger partial charge in [0, 0.05) is 47.8 Å². The number of hydrogen-bond donors (Lipinski definition) is 4. The van der Waals surface area contributed by atoms with E-state index in [1.54, 1.807) is 18.2 Å². The van der Waals surface area contributed by atoms with E-state index < -0.39 is 5.82 Å². The van der Waals surface area contributed by atoms with E-state index in [0.29, 0.717) is 52.7 Å². The van der Waals surface area contributed by atoms with Gasteiger partial charge in [0.15, 0.2) is 17.4 Å². The monoisotopic (exact) mass is 739 g/mol. The van der Waals surface area contributed by atoms with E-state index in [0.717, 1.165) is 30.4 Å². The predicted octanol–water partition coefficient (Wildman–Crippen LogP) is 1.46. The summed E-state index contributed by atoms with van der Waals surface area (Å²) in [5, 5.41) is 25.7. The zero-order valence-electron chi connectivity index (χ0n) is 31.1. The maximum Gasteiger partial charge on any atom is 1.00 e. The van der Waals surface area contributed by atoms with Crippen molar-refractivity contribution in [2.75, 3.05) is 43.4 Å². The molecule has 0 unspecified atom stereocenters. The van der Waals surface area contributed by atoms with E-state index in [1.165, 1.54) is 81.2 Å². The van der Waals surface area contributed by atoms with Crippen LogP contribution in [-0.2, 0) is 19.6 Å². The number of hydrogen-bond acceptors (Lipinski definition) is 11. The number of nitrogens with two attached hydrogens (primary N) is 4. The smallest absolute Gasteiger partial charge is 1.00 e. The fourth-order valence-electron chi connectivity index (χ4n) is 5.58. The van der Waals surface area contributed by atoms with Gasteiger partial charge in [-0.2, -0.15) is 15.8 Å². The molecule has 0 radical (unpaired) electrons. The summed E-state index contributed by atoms with van der Waals surface area (Å²) in [5.74, 6) is -0.599. The summed E-state index contributed by atoms with van der Waals surface area (Å²) in [6.07, 6.45) is 6.50. The maximum absolute atomic E-state index is 12.6. The number of anilines is 3. The molecule has 54 heavy (non-hydrogen) atoms. The van der Waals surface area contributed by atoms with Gasteiger partial charge < -0.3 is 24.4 Å².